The van der Waals surface area contributed by atoms with E-state index in [1.807, 2.05) is 0 Å². The maximum Gasteiger partial charge on any atom is 0.240 e. The van der Waals surface area contributed by atoms with Crippen LogP contribution in [0.1, 0.15) is 4.88 Å². The van der Waals surface area contributed by atoms with Gasteiger partial charge in [-0.2, -0.15) is 0 Å². The van der Waals surface area contributed by atoms with E-state index in [2.05, 4.69) is 9.71 Å². The summed E-state index contributed by atoms with van der Waals surface area (Å²) in [5.74, 6) is 0. The molecular weight excluding hydrogens is 294 g/mol. The van der Waals surface area contributed by atoms with Crippen molar-refractivity contribution in [1.82, 2.24) is 9.71 Å². The van der Waals surface area contributed by atoms with Crippen molar-refractivity contribution in [1.29, 1.82) is 0 Å². The molecule has 2 rings (SSSR count). The molecule has 0 saturated carbocycles. The highest BCUT2D eigenvalue weighted by atomic mass is 35.5. The first-order chi connectivity index (χ1) is 8.49. The van der Waals surface area contributed by atoms with E-state index in [4.69, 9.17) is 17.3 Å². The molecule has 1 aromatic carbocycles. The molecule has 0 saturated heterocycles. The number of nitrogens with one attached hydrogen (secondary N) is 1. The summed E-state index contributed by atoms with van der Waals surface area (Å²) in [6, 6.07) is 4.20. The predicted octanol–water partition coefficient (Wildman–Crippen LogP) is 1.86. The van der Waals surface area contributed by atoms with E-state index >= 15 is 0 Å². The number of nitrogens with two attached hydrogens (primary N) is 1. The number of thiazole rings is 1. The quantitative estimate of drug-likeness (QED) is 0.844. The zero-order chi connectivity index (χ0) is 13.2. The lowest BCUT2D eigenvalue weighted by Crippen LogP contribution is -2.22. The van der Waals surface area contributed by atoms with E-state index in [0.29, 0.717) is 5.02 Å². The zero-order valence-electron chi connectivity index (χ0n) is 9.13. The number of halogens is 1. The average molecular weight is 304 g/mol. The predicted molar refractivity (Wildman–Crippen MR) is 72.0 cm³/mol. The van der Waals surface area contributed by atoms with E-state index < -0.39 is 10.0 Å². The van der Waals surface area contributed by atoms with Crippen LogP contribution in [-0.4, -0.2) is 13.4 Å². The van der Waals surface area contributed by atoms with Crippen molar-refractivity contribution < 1.29 is 8.42 Å². The normalized spacial score (nSPS) is 11.6. The molecule has 0 bridgehead atoms. The average Bonchev–Trinajstić information content (AvgIpc) is 2.83. The Morgan fingerprint density at radius 3 is 2.83 bits per heavy atom. The summed E-state index contributed by atoms with van der Waals surface area (Å²) in [7, 11) is -3.59. The minimum atomic E-state index is -3.59. The standard InChI is InChI=1S/C10H10ClN3O2S2/c11-9-2-1-8(3-10(9)12)18(15,16)14-5-7-4-13-6-17-7/h1-4,6,14H,5,12H2. The molecule has 0 atom stereocenters. The lowest BCUT2D eigenvalue weighted by molar-refractivity contribution is 0.582. The maximum atomic E-state index is 12.0. The molecule has 8 heteroatoms. The molecule has 2 aromatic rings. The van der Waals surface area contributed by atoms with Crippen LogP contribution in [0.3, 0.4) is 0 Å². The third-order valence-electron chi connectivity index (χ3n) is 2.20. The Morgan fingerprint density at radius 2 is 2.22 bits per heavy atom. The monoisotopic (exact) mass is 303 g/mol. The summed E-state index contributed by atoms with van der Waals surface area (Å²) < 4.78 is 26.4. The van der Waals surface area contributed by atoms with Crippen molar-refractivity contribution in [2.24, 2.45) is 0 Å². The van der Waals surface area contributed by atoms with Crippen LogP contribution < -0.4 is 10.5 Å². The molecule has 0 aliphatic carbocycles. The van der Waals surface area contributed by atoms with E-state index in [9.17, 15) is 8.42 Å². The largest absolute Gasteiger partial charge is 0.397 e. The number of benzene rings is 1. The van der Waals surface area contributed by atoms with Crippen LogP contribution in [0.5, 0.6) is 0 Å². The van der Waals surface area contributed by atoms with Crippen molar-refractivity contribution >= 4 is 38.6 Å². The van der Waals surface area contributed by atoms with Crippen LogP contribution in [0.25, 0.3) is 0 Å². The van der Waals surface area contributed by atoms with Crippen molar-refractivity contribution in [2.75, 3.05) is 5.73 Å². The minimum Gasteiger partial charge on any atom is -0.397 e. The minimum absolute atomic E-state index is 0.0916. The number of nitrogen functional groups attached to an aromatic ring is 1. The molecule has 0 unspecified atom stereocenters. The van der Waals surface area contributed by atoms with Gasteiger partial charge in [-0.1, -0.05) is 11.6 Å². The Bertz CT molecular complexity index is 641. The molecule has 0 radical (unpaired) electrons. The first-order valence-electron chi connectivity index (χ1n) is 4.91. The van der Waals surface area contributed by atoms with Crippen molar-refractivity contribution in [2.45, 2.75) is 11.4 Å². The highest BCUT2D eigenvalue weighted by molar-refractivity contribution is 7.89. The Morgan fingerprint density at radius 1 is 1.44 bits per heavy atom. The van der Waals surface area contributed by atoms with E-state index in [1.54, 1.807) is 11.7 Å². The van der Waals surface area contributed by atoms with Gasteiger partial charge in [-0.05, 0) is 18.2 Å². The van der Waals surface area contributed by atoms with Gasteiger partial charge in [0.15, 0.2) is 0 Å². The number of anilines is 1. The third-order valence-corrected chi connectivity index (χ3v) is 4.72. The number of hydrogen-bond acceptors (Lipinski definition) is 5. The van der Waals surface area contributed by atoms with E-state index in [0.717, 1.165) is 4.88 Å². The zero-order valence-corrected chi connectivity index (χ0v) is 11.5. The van der Waals surface area contributed by atoms with Crippen LogP contribution >= 0.6 is 22.9 Å². The molecule has 96 valence electrons. The fourth-order valence-corrected chi connectivity index (χ4v) is 3.05. The summed E-state index contributed by atoms with van der Waals surface area (Å²) in [6.45, 7) is 0.204. The first-order valence-corrected chi connectivity index (χ1v) is 7.65. The van der Waals surface area contributed by atoms with Gasteiger partial charge in [-0.15, -0.1) is 11.3 Å². The Kier molecular flexibility index (Phi) is 3.86. The second-order valence-electron chi connectivity index (χ2n) is 3.48. The molecule has 0 fully saturated rings. The number of nitrogens with zero attached hydrogens (tertiary/aromatic N) is 1. The summed E-state index contributed by atoms with van der Waals surface area (Å²) >= 11 is 7.12. The Labute approximate surface area is 114 Å². The van der Waals surface area contributed by atoms with Gasteiger partial charge in [0, 0.05) is 17.6 Å². The van der Waals surface area contributed by atoms with Gasteiger partial charge in [0.1, 0.15) is 0 Å². The number of aromatic nitrogens is 1. The number of hydrogen-bond donors (Lipinski definition) is 2. The molecule has 1 heterocycles. The lowest BCUT2D eigenvalue weighted by atomic mass is 10.3. The number of rotatable bonds is 4. The van der Waals surface area contributed by atoms with Crippen molar-refractivity contribution in [3.05, 3.63) is 39.8 Å². The van der Waals surface area contributed by atoms with Crippen LogP contribution in [0.4, 0.5) is 5.69 Å². The molecule has 18 heavy (non-hydrogen) atoms. The van der Waals surface area contributed by atoms with Gasteiger partial charge in [0.2, 0.25) is 10.0 Å². The summed E-state index contributed by atoms with van der Waals surface area (Å²) in [5.41, 5.74) is 7.45. The lowest BCUT2D eigenvalue weighted by Gasteiger charge is -2.06. The van der Waals surface area contributed by atoms with E-state index in [-0.39, 0.29) is 17.1 Å². The number of sulfonamides is 1. The van der Waals surface area contributed by atoms with Gasteiger partial charge in [-0.3, -0.25) is 4.98 Å². The van der Waals surface area contributed by atoms with Crippen LogP contribution in [0.15, 0.2) is 34.8 Å². The topological polar surface area (TPSA) is 85.1 Å². The van der Waals surface area contributed by atoms with Crippen LogP contribution in [0.2, 0.25) is 5.02 Å². The molecule has 0 spiro atoms. The van der Waals surface area contributed by atoms with Gasteiger partial charge in [-0.25, -0.2) is 13.1 Å². The first kappa shape index (κ1) is 13.3. The van der Waals surface area contributed by atoms with E-state index in [1.165, 1.54) is 29.5 Å². The van der Waals surface area contributed by atoms with Crippen LogP contribution in [0, 0.1) is 0 Å². The van der Waals surface area contributed by atoms with Crippen LogP contribution in [-0.2, 0) is 16.6 Å². The summed E-state index contributed by atoms with van der Waals surface area (Å²) in [5, 5.41) is 0.330. The van der Waals surface area contributed by atoms with Gasteiger partial charge in [0.05, 0.1) is 21.1 Å². The van der Waals surface area contributed by atoms with Gasteiger partial charge < -0.3 is 5.73 Å². The Balaban J connectivity index is 2.17. The highest BCUT2D eigenvalue weighted by Crippen LogP contribution is 2.22. The fraction of sp³-hybridized carbons (Fsp3) is 0.100. The second-order valence-corrected chi connectivity index (χ2v) is 6.62. The molecule has 0 aliphatic rings. The smallest absolute Gasteiger partial charge is 0.240 e. The van der Waals surface area contributed by atoms with Gasteiger partial charge >= 0.3 is 0 Å². The summed E-state index contributed by atoms with van der Waals surface area (Å²) in [4.78, 5) is 4.79. The molecule has 3 N–H and O–H groups in total. The molecule has 0 amide bonds. The SMILES string of the molecule is Nc1cc(S(=O)(=O)NCc2cncs2)ccc1Cl. The Hall–Kier alpha value is -1.15. The second kappa shape index (κ2) is 5.23. The fourth-order valence-electron chi connectivity index (χ4n) is 1.27. The molecule has 5 nitrogen and oxygen atoms in total. The summed E-state index contributed by atoms with van der Waals surface area (Å²) in [6.07, 6.45) is 1.61. The maximum absolute atomic E-state index is 12.0. The molecule has 0 aliphatic heterocycles. The van der Waals surface area contributed by atoms with Crippen molar-refractivity contribution in [3.8, 4) is 0 Å². The van der Waals surface area contributed by atoms with Crippen molar-refractivity contribution in [3.63, 3.8) is 0 Å². The molecular formula is C10H10ClN3O2S2. The molecule has 1 aromatic heterocycles. The van der Waals surface area contributed by atoms with Gasteiger partial charge in [0.25, 0.3) is 0 Å². The highest BCUT2D eigenvalue weighted by Gasteiger charge is 2.15. The third kappa shape index (κ3) is 2.99.